The van der Waals surface area contributed by atoms with Gasteiger partial charge in [-0.25, -0.2) is 0 Å². The van der Waals surface area contributed by atoms with Gasteiger partial charge in [0.05, 0.1) is 17.5 Å². The highest BCUT2D eigenvalue weighted by Crippen LogP contribution is 2.32. The highest BCUT2D eigenvalue weighted by Gasteiger charge is 2.22. The van der Waals surface area contributed by atoms with E-state index in [1.165, 1.54) is 0 Å². The van der Waals surface area contributed by atoms with Gasteiger partial charge in [-0.15, -0.1) is 10.2 Å². The fourth-order valence-corrected chi connectivity index (χ4v) is 2.82. The minimum atomic E-state index is 0.181. The normalized spacial score (nSPS) is 18.4. The molecule has 2 aromatic rings. The third kappa shape index (κ3) is 2.82. The molecule has 116 valence electrons. The van der Waals surface area contributed by atoms with Crippen molar-refractivity contribution in [3.8, 4) is 17.0 Å². The van der Waals surface area contributed by atoms with Crippen molar-refractivity contribution in [2.24, 2.45) is 0 Å². The molecule has 0 aliphatic carbocycles. The Morgan fingerprint density at radius 3 is 2.91 bits per heavy atom. The SMILES string of the molecule is COC1CCCN(c2cc(-c3ccccc3O)nnc2N)C1. The first-order chi connectivity index (χ1) is 10.7. The topological polar surface area (TPSA) is 84.5 Å². The molecular weight excluding hydrogens is 280 g/mol. The zero-order valence-electron chi connectivity index (χ0n) is 12.6. The van der Waals surface area contributed by atoms with E-state index in [4.69, 9.17) is 10.5 Å². The van der Waals surface area contributed by atoms with Crippen LogP contribution < -0.4 is 10.6 Å². The summed E-state index contributed by atoms with van der Waals surface area (Å²) < 4.78 is 5.46. The van der Waals surface area contributed by atoms with Crippen molar-refractivity contribution in [3.05, 3.63) is 30.3 Å². The molecule has 0 saturated carbocycles. The van der Waals surface area contributed by atoms with Gasteiger partial charge in [0.2, 0.25) is 0 Å². The van der Waals surface area contributed by atoms with E-state index in [0.29, 0.717) is 17.1 Å². The van der Waals surface area contributed by atoms with Crippen LogP contribution in [0.3, 0.4) is 0 Å². The maximum atomic E-state index is 9.98. The van der Waals surface area contributed by atoms with Crippen molar-refractivity contribution >= 4 is 11.5 Å². The van der Waals surface area contributed by atoms with Crippen LogP contribution in [0.25, 0.3) is 11.3 Å². The molecule has 22 heavy (non-hydrogen) atoms. The third-order valence-corrected chi connectivity index (χ3v) is 4.03. The fraction of sp³-hybridized carbons (Fsp3) is 0.375. The Balaban J connectivity index is 1.95. The lowest BCUT2D eigenvalue weighted by Crippen LogP contribution is -2.39. The number of rotatable bonds is 3. The van der Waals surface area contributed by atoms with Gasteiger partial charge in [-0.05, 0) is 31.0 Å². The molecule has 1 atom stereocenters. The van der Waals surface area contributed by atoms with Gasteiger partial charge in [0.25, 0.3) is 0 Å². The maximum absolute atomic E-state index is 9.98. The van der Waals surface area contributed by atoms with Gasteiger partial charge in [-0.1, -0.05) is 12.1 Å². The molecule has 6 nitrogen and oxygen atoms in total. The van der Waals surface area contributed by atoms with Gasteiger partial charge in [0, 0.05) is 25.8 Å². The zero-order valence-corrected chi connectivity index (χ0v) is 12.6. The van der Waals surface area contributed by atoms with Gasteiger partial charge in [0.1, 0.15) is 5.75 Å². The summed E-state index contributed by atoms with van der Waals surface area (Å²) in [5.74, 6) is 0.580. The second kappa shape index (κ2) is 6.19. The summed E-state index contributed by atoms with van der Waals surface area (Å²) in [7, 11) is 1.73. The summed E-state index contributed by atoms with van der Waals surface area (Å²) in [5.41, 5.74) is 8.11. The molecule has 2 heterocycles. The third-order valence-electron chi connectivity index (χ3n) is 4.03. The van der Waals surface area contributed by atoms with Crippen LogP contribution in [0.5, 0.6) is 5.75 Å². The molecule has 1 fully saturated rings. The van der Waals surface area contributed by atoms with Crippen LogP contribution in [-0.2, 0) is 4.74 Å². The predicted octanol–water partition coefficient (Wildman–Crippen LogP) is 2.05. The predicted molar refractivity (Wildman–Crippen MR) is 85.8 cm³/mol. The molecule has 3 N–H and O–H groups in total. The molecule has 1 aromatic carbocycles. The molecule has 3 rings (SSSR count). The molecule has 0 amide bonds. The Kier molecular flexibility index (Phi) is 4.11. The summed E-state index contributed by atoms with van der Waals surface area (Å²) in [6.45, 7) is 1.70. The lowest BCUT2D eigenvalue weighted by atomic mass is 10.1. The number of hydrogen-bond donors (Lipinski definition) is 2. The molecule has 1 saturated heterocycles. The van der Waals surface area contributed by atoms with Crippen molar-refractivity contribution in [1.82, 2.24) is 10.2 Å². The molecule has 1 aliphatic heterocycles. The van der Waals surface area contributed by atoms with E-state index in [0.717, 1.165) is 31.6 Å². The van der Waals surface area contributed by atoms with E-state index in [-0.39, 0.29) is 11.9 Å². The van der Waals surface area contributed by atoms with Crippen molar-refractivity contribution in [1.29, 1.82) is 0 Å². The number of phenols is 1. The van der Waals surface area contributed by atoms with Crippen LogP contribution >= 0.6 is 0 Å². The zero-order chi connectivity index (χ0) is 15.5. The van der Waals surface area contributed by atoms with Crippen LogP contribution in [0.2, 0.25) is 0 Å². The van der Waals surface area contributed by atoms with E-state index < -0.39 is 0 Å². The van der Waals surface area contributed by atoms with Crippen molar-refractivity contribution in [3.63, 3.8) is 0 Å². The number of para-hydroxylation sites is 1. The molecule has 1 unspecified atom stereocenters. The van der Waals surface area contributed by atoms with E-state index >= 15 is 0 Å². The second-order valence-electron chi connectivity index (χ2n) is 5.46. The van der Waals surface area contributed by atoms with Gasteiger partial charge in [0.15, 0.2) is 5.82 Å². The minimum absolute atomic E-state index is 0.181. The number of anilines is 2. The van der Waals surface area contributed by atoms with Gasteiger partial charge < -0.3 is 20.5 Å². The summed E-state index contributed by atoms with van der Waals surface area (Å²) in [5, 5.41) is 18.1. The smallest absolute Gasteiger partial charge is 0.169 e. The molecule has 0 spiro atoms. The number of nitrogens with zero attached hydrogens (tertiary/aromatic N) is 3. The number of ether oxygens (including phenoxy) is 1. The lowest BCUT2D eigenvalue weighted by molar-refractivity contribution is 0.0893. The molecule has 0 radical (unpaired) electrons. The van der Waals surface area contributed by atoms with Crippen molar-refractivity contribution < 1.29 is 9.84 Å². The standard InChI is InChI=1S/C16H20N4O2/c1-22-11-5-4-8-20(10-11)14-9-13(18-19-16(14)17)12-6-2-3-7-15(12)21/h2-3,6-7,9,11,21H,4-5,8,10H2,1H3,(H2,17,19). The second-order valence-corrected chi connectivity index (χ2v) is 5.46. The van der Waals surface area contributed by atoms with Gasteiger partial charge in [-0.3, -0.25) is 0 Å². The van der Waals surface area contributed by atoms with Crippen molar-refractivity contribution in [2.75, 3.05) is 30.8 Å². The molecular formula is C16H20N4O2. The minimum Gasteiger partial charge on any atom is -0.507 e. The number of methoxy groups -OCH3 is 1. The van der Waals surface area contributed by atoms with Gasteiger partial charge >= 0.3 is 0 Å². The Morgan fingerprint density at radius 2 is 2.14 bits per heavy atom. The van der Waals surface area contributed by atoms with E-state index in [2.05, 4.69) is 15.1 Å². The van der Waals surface area contributed by atoms with E-state index in [1.54, 1.807) is 19.2 Å². The van der Waals surface area contributed by atoms with E-state index in [1.807, 2.05) is 18.2 Å². The number of phenolic OH excluding ortho intramolecular Hbond substituents is 1. The van der Waals surface area contributed by atoms with Crippen LogP contribution in [0.15, 0.2) is 30.3 Å². The number of aromatic nitrogens is 2. The Bertz CT molecular complexity index is 662. The first-order valence-electron chi connectivity index (χ1n) is 7.38. The fourth-order valence-electron chi connectivity index (χ4n) is 2.82. The Labute approximate surface area is 129 Å². The highest BCUT2D eigenvalue weighted by atomic mass is 16.5. The number of hydrogen-bond acceptors (Lipinski definition) is 6. The van der Waals surface area contributed by atoms with Crippen LogP contribution in [-0.4, -0.2) is 41.6 Å². The van der Waals surface area contributed by atoms with Crippen molar-refractivity contribution in [2.45, 2.75) is 18.9 Å². The van der Waals surface area contributed by atoms with Crippen LogP contribution in [0.1, 0.15) is 12.8 Å². The average molecular weight is 300 g/mol. The van der Waals surface area contributed by atoms with Crippen LogP contribution in [0, 0.1) is 0 Å². The number of benzene rings is 1. The first kappa shape index (κ1) is 14.6. The lowest BCUT2D eigenvalue weighted by Gasteiger charge is -2.34. The number of aromatic hydroxyl groups is 1. The molecule has 0 bridgehead atoms. The van der Waals surface area contributed by atoms with Crippen LogP contribution in [0.4, 0.5) is 11.5 Å². The quantitative estimate of drug-likeness (QED) is 0.902. The Hall–Kier alpha value is -2.34. The summed E-state index contributed by atoms with van der Waals surface area (Å²) in [6, 6.07) is 8.96. The monoisotopic (exact) mass is 300 g/mol. The number of piperidine rings is 1. The number of nitrogen functional groups attached to an aromatic ring is 1. The summed E-state index contributed by atoms with van der Waals surface area (Å²) in [4.78, 5) is 2.17. The molecule has 1 aliphatic rings. The average Bonchev–Trinajstić information content (AvgIpc) is 2.56. The summed E-state index contributed by atoms with van der Waals surface area (Å²) in [6.07, 6.45) is 2.30. The molecule has 1 aromatic heterocycles. The summed E-state index contributed by atoms with van der Waals surface area (Å²) >= 11 is 0. The maximum Gasteiger partial charge on any atom is 0.169 e. The van der Waals surface area contributed by atoms with Gasteiger partial charge in [-0.2, -0.15) is 0 Å². The highest BCUT2D eigenvalue weighted by molar-refractivity contribution is 5.74. The number of nitrogens with two attached hydrogens (primary N) is 1. The largest absolute Gasteiger partial charge is 0.507 e. The van der Waals surface area contributed by atoms with E-state index in [9.17, 15) is 5.11 Å². The molecule has 6 heteroatoms. The Morgan fingerprint density at radius 1 is 1.32 bits per heavy atom. The first-order valence-corrected chi connectivity index (χ1v) is 7.38.